The van der Waals surface area contributed by atoms with Gasteiger partial charge in [0, 0.05) is 19.4 Å². The lowest BCUT2D eigenvalue weighted by molar-refractivity contribution is -0.143. The van der Waals surface area contributed by atoms with E-state index in [0.29, 0.717) is 18.4 Å². The first kappa shape index (κ1) is 36.7. The number of likely N-dealkylation sites (tertiary alicyclic amines) is 1. The van der Waals surface area contributed by atoms with Crippen LogP contribution in [-0.4, -0.2) is 99.4 Å². The molecule has 0 saturated carbocycles. The van der Waals surface area contributed by atoms with E-state index in [-0.39, 0.29) is 25.3 Å². The summed E-state index contributed by atoms with van der Waals surface area (Å²) in [5.41, 5.74) is 6.36. The number of nitrogens with two attached hydrogens (primary N) is 1. The van der Waals surface area contributed by atoms with Gasteiger partial charge in [-0.1, -0.05) is 44.2 Å². The molecule has 1 fully saturated rings. The van der Waals surface area contributed by atoms with Crippen LogP contribution in [0.25, 0.3) is 0 Å². The third-order valence-electron chi connectivity index (χ3n) is 7.41. The Hall–Kier alpha value is -4.53. The number of carbonyl (C=O) groups is 7. The minimum absolute atomic E-state index is 0.0445. The number of carboxylic acids is 2. The van der Waals surface area contributed by atoms with E-state index in [0.717, 1.165) is 0 Å². The number of nitrogens with one attached hydrogen (secondary N) is 4. The van der Waals surface area contributed by atoms with Crippen molar-refractivity contribution in [1.29, 1.82) is 0 Å². The van der Waals surface area contributed by atoms with Crippen molar-refractivity contribution in [3.05, 3.63) is 35.9 Å². The molecule has 15 heteroatoms. The van der Waals surface area contributed by atoms with Gasteiger partial charge in [-0.15, -0.1) is 0 Å². The fourth-order valence-corrected chi connectivity index (χ4v) is 4.81. The van der Waals surface area contributed by atoms with E-state index >= 15 is 0 Å². The summed E-state index contributed by atoms with van der Waals surface area (Å²) in [6, 6.07) is 2.25. The fraction of sp³-hybridized carbons (Fsp3) is 0.567. The largest absolute Gasteiger partial charge is 0.481 e. The van der Waals surface area contributed by atoms with Crippen LogP contribution in [-0.2, 0) is 40.0 Å². The van der Waals surface area contributed by atoms with Crippen LogP contribution in [0.5, 0.6) is 0 Å². The number of rotatable bonds is 16. The van der Waals surface area contributed by atoms with E-state index in [1.165, 1.54) is 18.7 Å². The van der Waals surface area contributed by atoms with Gasteiger partial charge in [-0.05, 0) is 44.6 Å². The number of carboxylic acid groups (broad SMARTS) is 2. The highest BCUT2D eigenvalue weighted by atomic mass is 16.4. The Bertz CT molecular complexity index is 1240. The quantitative estimate of drug-likeness (QED) is 0.119. The van der Waals surface area contributed by atoms with Crippen molar-refractivity contribution in [3.63, 3.8) is 0 Å². The average Bonchev–Trinajstić information content (AvgIpc) is 3.47. The van der Waals surface area contributed by atoms with Gasteiger partial charge in [-0.3, -0.25) is 28.8 Å². The van der Waals surface area contributed by atoms with E-state index in [1.54, 1.807) is 44.2 Å². The summed E-state index contributed by atoms with van der Waals surface area (Å²) in [5.74, 6) is -6.07. The van der Waals surface area contributed by atoms with E-state index < -0.39 is 84.1 Å². The highest BCUT2D eigenvalue weighted by Crippen LogP contribution is 2.21. The topological polar surface area (TPSA) is 237 Å². The molecule has 8 N–H and O–H groups in total. The van der Waals surface area contributed by atoms with Crippen LogP contribution in [0.2, 0.25) is 0 Å². The van der Waals surface area contributed by atoms with Crippen molar-refractivity contribution in [2.24, 2.45) is 11.7 Å². The van der Waals surface area contributed by atoms with Crippen LogP contribution in [0.3, 0.4) is 0 Å². The molecule has 1 aliphatic rings. The predicted molar refractivity (Wildman–Crippen MR) is 161 cm³/mol. The molecular formula is C30H44N6O9. The number of carbonyl (C=O) groups excluding carboxylic acids is 5. The molecular weight excluding hydrogens is 588 g/mol. The Morgan fingerprint density at radius 2 is 1.51 bits per heavy atom. The highest BCUT2D eigenvalue weighted by molar-refractivity contribution is 5.96. The highest BCUT2D eigenvalue weighted by Gasteiger charge is 2.40. The first-order chi connectivity index (χ1) is 21.1. The first-order valence-electron chi connectivity index (χ1n) is 14.9. The minimum atomic E-state index is -1.48. The molecule has 45 heavy (non-hydrogen) atoms. The maximum absolute atomic E-state index is 13.6. The molecule has 0 bridgehead atoms. The van der Waals surface area contributed by atoms with Crippen molar-refractivity contribution in [2.75, 3.05) is 6.54 Å². The fourth-order valence-electron chi connectivity index (χ4n) is 4.81. The number of hydrogen-bond acceptors (Lipinski definition) is 8. The molecule has 248 valence electrons. The van der Waals surface area contributed by atoms with Crippen LogP contribution in [0.4, 0.5) is 0 Å². The molecule has 1 aliphatic heterocycles. The van der Waals surface area contributed by atoms with Crippen LogP contribution < -0.4 is 27.0 Å². The third-order valence-corrected chi connectivity index (χ3v) is 7.41. The van der Waals surface area contributed by atoms with Gasteiger partial charge in [0.05, 0.1) is 6.04 Å². The van der Waals surface area contributed by atoms with Crippen molar-refractivity contribution < 1.29 is 43.8 Å². The van der Waals surface area contributed by atoms with Gasteiger partial charge in [-0.2, -0.15) is 0 Å². The van der Waals surface area contributed by atoms with Gasteiger partial charge in [0.2, 0.25) is 29.5 Å². The van der Waals surface area contributed by atoms with Gasteiger partial charge in [0.15, 0.2) is 0 Å². The molecule has 0 spiro atoms. The lowest BCUT2D eigenvalue weighted by Gasteiger charge is -2.31. The second-order valence-corrected chi connectivity index (χ2v) is 11.5. The maximum atomic E-state index is 13.6. The Labute approximate surface area is 261 Å². The third kappa shape index (κ3) is 11.2. The van der Waals surface area contributed by atoms with Crippen LogP contribution in [0, 0.1) is 5.92 Å². The minimum Gasteiger partial charge on any atom is -0.481 e. The van der Waals surface area contributed by atoms with Crippen LogP contribution in [0.15, 0.2) is 30.3 Å². The summed E-state index contributed by atoms with van der Waals surface area (Å²) in [4.78, 5) is 89.2. The molecule has 15 nitrogen and oxygen atoms in total. The molecule has 5 amide bonds. The molecule has 1 aromatic rings. The van der Waals surface area contributed by atoms with Gasteiger partial charge in [-0.25, -0.2) is 4.79 Å². The monoisotopic (exact) mass is 632 g/mol. The summed E-state index contributed by atoms with van der Waals surface area (Å²) in [6.07, 6.45) is 0.0559. The van der Waals surface area contributed by atoms with Crippen molar-refractivity contribution >= 4 is 41.5 Å². The summed E-state index contributed by atoms with van der Waals surface area (Å²) in [7, 11) is 0. The zero-order valence-electron chi connectivity index (χ0n) is 25.9. The molecule has 0 aliphatic carbocycles. The second kappa shape index (κ2) is 17.1. The smallest absolute Gasteiger partial charge is 0.326 e. The summed E-state index contributed by atoms with van der Waals surface area (Å²) >= 11 is 0. The van der Waals surface area contributed by atoms with Gasteiger partial charge in [0.25, 0.3) is 0 Å². The predicted octanol–water partition coefficient (Wildman–Crippen LogP) is -0.868. The molecule has 0 unspecified atom stereocenters. The van der Waals surface area contributed by atoms with Crippen LogP contribution >= 0.6 is 0 Å². The average molecular weight is 633 g/mol. The van der Waals surface area contributed by atoms with Crippen molar-refractivity contribution in [3.8, 4) is 0 Å². The molecule has 2 rings (SSSR count). The first-order valence-corrected chi connectivity index (χ1v) is 14.9. The standard InChI is InChI=1S/C30H44N6O9/c1-16(2)24(35-25(39)17(3)31)29(43)36-14-8-11-22(36)28(42)34-21(15-19-9-6-5-7-10-19)27(41)32-18(4)26(40)33-20(30(44)45)12-13-23(37)38/h5-7,9-10,16-18,20-22,24H,8,11-15,31H2,1-4H3,(H,32,41)(H,33,40)(H,34,42)(H,35,39)(H,37,38)(H,44,45)/t17-,18-,20-,21-,22-,24-/m0/s1. The van der Waals surface area contributed by atoms with Gasteiger partial charge < -0.3 is 42.1 Å². The Morgan fingerprint density at radius 3 is 2.07 bits per heavy atom. The number of hydrogen-bond donors (Lipinski definition) is 7. The molecule has 1 heterocycles. The van der Waals surface area contributed by atoms with Crippen LogP contribution in [0.1, 0.15) is 58.9 Å². The Balaban J connectivity index is 2.20. The summed E-state index contributed by atoms with van der Waals surface area (Å²) < 4.78 is 0. The number of nitrogens with zero attached hydrogens (tertiary/aromatic N) is 1. The van der Waals surface area contributed by atoms with Crippen molar-refractivity contribution in [1.82, 2.24) is 26.2 Å². The normalized spacial score (nSPS) is 17.7. The SMILES string of the molecule is CC(C)[C@H](NC(=O)[C@H](C)N)C(=O)N1CCC[C@H]1C(=O)N[C@@H](Cc1ccccc1)C(=O)N[C@@H](C)C(=O)N[C@@H](CCC(=O)O)C(=O)O. The lowest BCUT2D eigenvalue weighted by atomic mass is 10.0. The van der Waals surface area contributed by atoms with Crippen molar-refractivity contribution in [2.45, 2.75) is 96.1 Å². The molecule has 1 aromatic carbocycles. The number of aliphatic carboxylic acids is 2. The zero-order valence-corrected chi connectivity index (χ0v) is 25.9. The Morgan fingerprint density at radius 1 is 0.867 bits per heavy atom. The number of benzene rings is 1. The zero-order chi connectivity index (χ0) is 33.8. The molecule has 6 atom stereocenters. The summed E-state index contributed by atoms with van der Waals surface area (Å²) in [5, 5.41) is 28.3. The van der Waals surface area contributed by atoms with E-state index in [9.17, 15) is 38.7 Å². The van der Waals surface area contributed by atoms with E-state index in [1.807, 2.05) is 0 Å². The molecule has 0 aromatic heterocycles. The van der Waals surface area contributed by atoms with E-state index in [4.69, 9.17) is 10.8 Å². The summed E-state index contributed by atoms with van der Waals surface area (Å²) in [6.45, 7) is 6.61. The van der Waals surface area contributed by atoms with E-state index in [2.05, 4.69) is 21.3 Å². The van der Waals surface area contributed by atoms with Gasteiger partial charge in [0.1, 0.15) is 30.2 Å². The second-order valence-electron chi connectivity index (χ2n) is 11.5. The molecule has 1 saturated heterocycles. The maximum Gasteiger partial charge on any atom is 0.326 e. The Kier molecular flexibility index (Phi) is 13.9. The number of amides is 5. The lowest BCUT2D eigenvalue weighted by Crippen LogP contribution is -2.59. The van der Waals surface area contributed by atoms with Gasteiger partial charge >= 0.3 is 11.9 Å². The molecule has 0 radical (unpaired) electrons.